The summed E-state index contributed by atoms with van der Waals surface area (Å²) in [5.74, 6) is 0.855. The Balaban J connectivity index is 1.55. The molecule has 0 aromatic carbocycles. The normalized spacial score (nSPS) is 26.1. The topological polar surface area (TPSA) is 56.5 Å². The van der Waals surface area contributed by atoms with Gasteiger partial charge >= 0.3 is 0 Å². The van der Waals surface area contributed by atoms with Gasteiger partial charge in [0, 0.05) is 12.0 Å². The number of nitrogens with one attached hydrogen (secondary N) is 1. The quantitative estimate of drug-likeness (QED) is 0.902. The van der Waals surface area contributed by atoms with Gasteiger partial charge in [0.2, 0.25) is 0 Å². The maximum absolute atomic E-state index is 6.02. The largest absolute Gasteiger partial charge is 0.372 e. The van der Waals surface area contributed by atoms with Gasteiger partial charge in [0.25, 0.3) is 0 Å². The molecule has 0 aliphatic carbocycles. The predicted molar refractivity (Wildman–Crippen MR) is 70.0 cm³/mol. The number of hydrogen-bond donors (Lipinski definition) is 1. The molecule has 1 aromatic rings. The van der Waals surface area contributed by atoms with Crippen LogP contribution < -0.4 is 5.32 Å². The minimum absolute atomic E-state index is 0.0641. The van der Waals surface area contributed by atoms with E-state index in [1.807, 2.05) is 13.8 Å². The van der Waals surface area contributed by atoms with Crippen LogP contribution in [0.1, 0.15) is 36.3 Å². The number of aryl methyl sites for hydroxylation is 2. The van der Waals surface area contributed by atoms with E-state index in [1.165, 1.54) is 0 Å². The van der Waals surface area contributed by atoms with Crippen LogP contribution in [-0.4, -0.2) is 36.6 Å². The predicted octanol–water partition coefficient (Wildman–Crippen LogP) is 1.72. The molecule has 0 saturated carbocycles. The molecule has 2 aliphatic heterocycles. The summed E-state index contributed by atoms with van der Waals surface area (Å²) in [6.07, 6.45) is 3.40. The standard InChI is InChI=1S/C14H22N2O3/c1-10-13(11(2)19-16-10)9-17-12-7-14(18-8-12)3-5-15-6-4-14/h12,15H,3-9H2,1-2H3. The highest BCUT2D eigenvalue weighted by Gasteiger charge is 2.41. The molecule has 2 saturated heterocycles. The van der Waals surface area contributed by atoms with Gasteiger partial charge in [-0.15, -0.1) is 0 Å². The maximum Gasteiger partial charge on any atom is 0.139 e. The van der Waals surface area contributed by atoms with Gasteiger partial charge in [0.15, 0.2) is 0 Å². The van der Waals surface area contributed by atoms with Crippen LogP contribution in [0.3, 0.4) is 0 Å². The molecule has 106 valence electrons. The van der Waals surface area contributed by atoms with Crippen molar-refractivity contribution in [3.05, 3.63) is 17.0 Å². The first kappa shape index (κ1) is 13.1. The van der Waals surface area contributed by atoms with Crippen LogP contribution in [-0.2, 0) is 16.1 Å². The van der Waals surface area contributed by atoms with E-state index in [0.29, 0.717) is 13.2 Å². The van der Waals surface area contributed by atoms with Crippen molar-refractivity contribution in [1.82, 2.24) is 10.5 Å². The van der Waals surface area contributed by atoms with Crippen molar-refractivity contribution in [2.45, 2.75) is 51.4 Å². The minimum atomic E-state index is 0.0641. The summed E-state index contributed by atoms with van der Waals surface area (Å²) in [6.45, 7) is 7.27. The first-order chi connectivity index (χ1) is 9.19. The van der Waals surface area contributed by atoms with Gasteiger partial charge in [-0.1, -0.05) is 5.16 Å². The fourth-order valence-electron chi connectivity index (χ4n) is 3.05. The van der Waals surface area contributed by atoms with E-state index in [1.54, 1.807) is 0 Å². The smallest absolute Gasteiger partial charge is 0.139 e. The molecule has 0 bridgehead atoms. The molecule has 0 radical (unpaired) electrons. The number of nitrogens with zero attached hydrogens (tertiary/aromatic N) is 1. The summed E-state index contributed by atoms with van der Waals surface area (Å²) in [7, 11) is 0. The van der Waals surface area contributed by atoms with Crippen molar-refractivity contribution in [2.24, 2.45) is 0 Å². The van der Waals surface area contributed by atoms with Crippen LogP contribution in [0.4, 0.5) is 0 Å². The van der Waals surface area contributed by atoms with Crippen molar-refractivity contribution >= 4 is 0 Å². The molecule has 5 nitrogen and oxygen atoms in total. The van der Waals surface area contributed by atoms with E-state index >= 15 is 0 Å². The zero-order valence-corrected chi connectivity index (χ0v) is 11.7. The summed E-state index contributed by atoms with van der Waals surface area (Å²) >= 11 is 0. The molecule has 3 rings (SSSR count). The lowest BCUT2D eigenvalue weighted by Gasteiger charge is -2.32. The zero-order valence-electron chi connectivity index (χ0n) is 11.7. The second-order valence-corrected chi connectivity index (χ2v) is 5.68. The molecular formula is C14H22N2O3. The summed E-state index contributed by atoms with van der Waals surface area (Å²) < 4.78 is 17.2. The summed E-state index contributed by atoms with van der Waals surface area (Å²) in [6, 6.07) is 0. The molecule has 19 heavy (non-hydrogen) atoms. The molecule has 1 N–H and O–H groups in total. The second-order valence-electron chi connectivity index (χ2n) is 5.68. The van der Waals surface area contributed by atoms with E-state index in [4.69, 9.17) is 14.0 Å². The van der Waals surface area contributed by atoms with Gasteiger partial charge in [-0.25, -0.2) is 0 Å². The maximum atomic E-state index is 6.02. The van der Waals surface area contributed by atoms with E-state index in [0.717, 1.165) is 49.4 Å². The highest BCUT2D eigenvalue weighted by atomic mass is 16.6. The summed E-state index contributed by atoms with van der Waals surface area (Å²) in [5, 5.41) is 7.33. The molecular weight excluding hydrogens is 244 g/mol. The van der Waals surface area contributed by atoms with Crippen molar-refractivity contribution in [2.75, 3.05) is 19.7 Å². The van der Waals surface area contributed by atoms with Crippen LogP contribution in [0.25, 0.3) is 0 Å². The average Bonchev–Trinajstić information content (AvgIpc) is 2.94. The van der Waals surface area contributed by atoms with Crippen molar-refractivity contribution in [3.63, 3.8) is 0 Å². The van der Waals surface area contributed by atoms with Crippen molar-refractivity contribution in [1.29, 1.82) is 0 Å². The zero-order chi connectivity index (χ0) is 13.3. The molecule has 2 aliphatic rings. The Morgan fingerprint density at radius 1 is 1.37 bits per heavy atom. The number of hydrogen-bond acceptors (Lipinski definition) is 5. The highest BCUT2D eigenvalue weighted by Crippen LogP contribution is 2.35. The Morgan fingerprint density at radius 2 is 2.16 bits per heavy atom. The van der Waals surface area contributed by atoms with E-state index in [-0.39, 0.29) is 11.7 Å². The third-order valence-electron chi connectivity index (χ3n) is 4.33. The van der Waals surface area contributed by atoms with E-state index < -0.39 is 0 Å². The van der Waals surface area contributed by atoms with Crippen LogP contribution in [0.2, 0.25) is 0 Å². The molecule has 1 spiro atoms. The Morgan fingerprint density at radius 3 is 2.84 bits per heavy atom. The van der Waals surface area contributed by atoms with Crippen molar-refractivity contribution in [3.8, 4) is 0 Å². The Hall–Kier alpha value is -0.910. The monoisotopic (exact) mass is 266 g/mol. The number of rotatable bonds is 3. The Bertz CT molecular complexity index is 418. The first-order valence-corrected chi connectivity index (χ1v) is 7.07. The fourth-order valence-corrected chi connectivity index (χ4v) is 3.05. The van der Waals surface area contributed by atoms with Gasteiger partial charge in [-0.3, -0.25) is 0 Å². The molecule has 1 atom stereocenters. The van der Waals surface area contributed by atoms with Gasteiger partial charge in [-0.2, -0.15) is 0 Å². The minimum Gasteiger partial charge on any atom is -0.372 e. The van der Waals surface area contributed by atoms with Crippen LogP contribution in [0.5, 0.6) is 0 Å². The number of piperidine rings is 1. The third-order valence-corrected chi connectivity index (χ3v) is 4.33. The molecule has 3 heterocycles. The highest BCUT2D eigenvalue weighted by molar-refractivity contribution is 5.19. The lowest BCUT2D eigenvalue weighted by atomic mass is 9.89. The lowest BCUT2D eigenvalue weighted by Crippen LogP contribution is -2.41. The lowest BCUT2D eigenvalue weighted by molar-refractivity contribution is -0.0241. The molecule has 1 unspecified atom stereocenters. The van der Waals surface area contributed by atoms with Gasteiger partial charge in [0.1, 0.15) is 5.76 Å². The van der Waals surface area contributed by atoms with Gasteiger partial charge in [-0.05, 0) is 39.8 Å². The molecule has 0 amide bonds. The van der Waals surface area contributed by atoms with Crippen molar-refractivity contribution < 1.29 is 14.0 Å². The van der Waals surface area contributed by atoms with Crippen LogP contribution >= 0.6 is 0 Å². The van der Waals surface area contributed by atoms with Gasteiger partial charge in [0.05, 0.1) is 30.6 Å². The van der Waals surface area contributed by atoms with E-state index in [2.05, 4.69) is 10.5 Å². The Kier molecular flexibility index (Phi) is 3.60. The summed E-state index contributed by atoms with van der Waals surface area (Å²) in [4.78, 5) is 0. The molecule has 2 fully saturated rings. The first-order valence-electron chi connectivity index (χ1n) is 7.07. The number of ether oxygens (including phenoxy) is 2. The fraction of sp³-hybridized carbons (Fsp3) is 0.786. The second kappa shape index (κ2) is 5.23. The summed E-state index contributed by atoms with van der Waals surface area (Å²) in [5.41, 5.74) is 2.06. The average molecular weight is 266 g/mol. The molecule has 1 aromatic heterocycles. The SMILES string of the molecule is Cc1noc(C)c1COC1COC2(CCNCC2)C1. The number of aromatic nitrogens is 1. The van der Waals surface area contributed by atoms with Crippen LogP contribution in [0, 0.1) is 13.8 Å². The van der Waals surface area contributed by atoms with E-state index in [9.17, 15) is 0 Å². The van der Waals surface area contributed by atoms with Crippen LogP contribution in [0.15, 0.2) is 4.52 Å². The third kappa shape index (κ3) is 2.68. The van der Waals surface area contributed by atoms with Gasteiger partial charge < -0.3 is 19.3 Å². The Labute approximate surface area is 113 Å². The molecule has 5 heteroatoms.